The zero-order chi connectivity index (χ0) is 16.7. The zero-order valence-electron chi connectivity index (χ0n) is 14.2. The number of hydrogen-bond donors (Lipinski definition) is 2. The molecule has 2 N–H and O–H groups in total. The van der Waals surface area contributed by atoms with Gasteiger partial charge in [0.05, 0.1) is 6.54 Å². The van der Waals surface area contributed by atoms with Crippen molar-refractivity contribution in [3.8, 4) is 0 Å². The molecule has 2 aliphatic rings. The molecule has 1 aliphatic heterocycles. The van der Waals surface area contributed by atoms with Crippen LogP contribution in [0.5, 0.6) is 0 Å². The molecule has 24 heavy (non-hydrogen) atoms. The molecule has 1 atom stereocenters. The molecular formula is C16H28F3IN4. The topological polar surface area (TPSA) is 39.7 Å². The molecule has 1 unspecified atom stereocenters. The smallest absolute Gasteiger partial charge is 0.356 e. The van der Waals surface area contributed by atoms with Gasteiger partial charge in [-0.2, -0.15) is 13.2 Å². The van der Waals surface area contributed by atoms with E-state index in [9.17, 15) is 13.2 Å². The zero-order valence-corrected chi connectivity index (χ0v) is 16.5. The van der Waals surface area contributed by atoms with E-state index in [-0.39, 0.29) is 30.0 Å². The van der Waals surface area contributed by atoms with Crippen molar-refractivity contribution in [2.45, 2.75) is 50.7 Å². The predicted molar refractivity (Wildman–Crippen MR) is 102 cm³/mol. The Morgan fingerprint density at radius 3 is 2.79 bits per heavy atom. The molecule has 1 fully saturated rings. The largest absolute Gasteiger partial charge is 0.401 e. The third kappa shape index (κ3) is 8.04. The summed E-state index contributed by atoms with van der Waals surface area (Å²) in [6.45, 7) is 0.863. The number of nitrogens with one attached hydrogen (secondary N) is 2. The molecule has 0 aromatic rings. The molecule has 140 valence electrons. The van der Waals surface area contributed by atoms with E-state index in [0.29, 0.717) is 25.5 Å². The minimum absolute atomic E-state index is 0. The lowest BCUT2D eigenvalue weighted by Gasteiger charge is -2.20. The van der Waals surface area contributed by atoms with Crippen LogP contribution < -0.4 is 10.6 Å². The second kappa shape index (κ2) is 10.5. The van der Waals surface area contributed by atoms with Crippen molar-refractivity contribution < 1.29 is 13.2 Å². The molecule has 0 saturated carbocycles. The van der Waals surface area contributed by atoms with Crippen molar-refractivity contribution in [2.75, 3.05) is 33.2 Å². The van der Waals surface area contributed by atoms with Crippen molar-refractivity contribution in [1.29, 1.82) is 0 Å². The van der Waals surface area contributed by atoms with Crippen molar-refractivity contribution in [1.82, 2.24) is 15.5 Å². The van der Waals surface area contributed by atoms with Gasteiger partial charge < -0.3 is 10.6 Å². The number of rotatable bonds is 5. The Morgan fingerprint density at radius 1 is 1.38 bits per heavy atom. The predicted octanol–water partition coefficient (Wildman–Crippen LogP) is 3.30. The van der Waals surface area contributed by atoms with E-state index in [1.807, 2.05) is 0 Å². The highest BCUT2D eigenvalue weighted by atomic mass is 127. The first-order valence-corrected chi connectivity index (χ1v) is 8.40. The molecular weight excluding hydrogens is 432 g/mol. The van der Waals surface area contributed by atoms with Gasteiger partial charge in [0.2, 0.25) is 0 Å². The van der Waals surface area contributed by atoms with Gasteiger partial charge in [0.25, 0.3) is 0 Å². The standard InChI is InChI=1S/C16H27F3N4.HI/c1-20-15(21-9-7-13-5-3-2-4-6-13)22-14-8-10-23(11-14)12-16(17,18)19;/h5,14H,2-4,6-12H2,1H3,(H2,20,21,22);1H. The van der Waals surface area contributed by atoms with Gasteiger partial charge in [-0.3, -0.25) is 9.89 Å². The number of likely N-dealkylation sites (tertiary alicyclic amines) is 1. The fraction of sp³-hybridized carbons (Fsp3) is 0.812. The molecule has 0 aromatic heterocycles. The van der Waals surface area contributed by atoms with E-state index in [2.05, 4.69) is 21.7 Å². The SMILES string of the molecule is CN=C(NCCC1=CCCCC1)NC1CCN(CC(F)(F)F)C1.I. The van der Waals surface area contributed by atoms with Gasteiger partial charge in [0.1, 0.15) is 0 Å². The van der Waals surface area contributed by atoms with Crippen LogP contribution >= 0.6 is 24.0 Å². The highest BCUT2D eigenvalue weighted by Crippen LogP contribution is 2.20. The minimum atomic E-state index is -4.12. The number of hydrogen-bond acceptors (Lipinski definition) is 2. The second-order valence-electron chi connectivity index (χ2n) is 6.34. The molecule has 1 aliphatic carbocycles. The maximum Gasteiger partial charge on any atom is 0.401 e. The number of guanidine groups is 1. The van der Waals surface area contributed by atoms with Crippen LogP contribution in [0.25, 0.3) is 0 Å². The second-order valence-corrected chi connectivity index (χ2v) is 6.34. The van der Waals surface area contributed by atoms with Crippen molar-refractivity contribution in [2.24, 2.45) is 4.99 Å². The van der Waals surface area contributed by atoms with Crippen LogP contribution in [0.1, 0.15) is 38.5 Å². The summed E-state index contributed by atoms with van der Waals surface area (Å²) in [4.78, 5) is 5.61. The molecule has 1 saturated heterocycles. The molecule has 0 amide bonds. The van der Waals surface area contributed by atoms with Crippen LogP contribution in [0.3, 0.4) is 0 Å². The van der Waals surface area contributed by atoms with E-state index in [0.717, 1.165) is 13.0 Å². The molecule has 0 spiro atoms. The summed E-state index contributed by atoms with van der Waals surface area (Å²) < 4.78 is 37.2. The summed E-state index contributed by atoms with van der Waals surface area (Å²) in [6, 6.07) is 0.0254. The van der Waals surface area contributed by atoms with Crippen LogP contribution in [0.2, 0.25) is 0 Å². The lowest BCUT2D eigenvalue weighted by Crippen LogP contribution is -2.45. The van der Waals surface area contributed by atoms with Crippen molar-refractivity contribution in [3.05, 3.63) is 11.6 Å². The Kier molecular flexibility index (Phi) is 9.40. The summed E-state index contributed by atoms with van der Waals surface area (Å²) in [5.41, 5.74) is 1.50. The van der Waals surface area contributed by atoms with Gasteiger partial charge in [0, 0.05) is 32.7 Å². The van der Waals surface area contributed by atoms with Crippen LogP contribution in [0.15, 0.2) is 16.6 Å². The van der Waals surface area contributed by atoms with Crippen LogP contribution in [-0.4, -0.2) is 56.3 Å². The maximum absolute atomic E-state index is 12.4. The van der Waals surface area contributed by atoms with E-state index in [1.165, 1.54) is 36.2 Å². The van der Waals surface area contributed by atoms with Crippen LogP contribution in [0.4, 0.5) is 13.2 Å². The van der Waals surface area contributed by atoms with Gasteiger partial charge in [0.15, 0.2) is 5.96 Å². The van der Waals surface area contributed by atoms with Gasteiger partial charge >= 0.3 is 6.18 Å². The van der Waals surface area contributed by atoms with Gasteiger partial charge in [-0.25, -0.2) is 0 Å². The first-order chi connectivity index (χ1) is 11.0. The Morgan fingerprint density at radius 2 is 2.17 bits per heavy atom. The lowest BCUT2D eigenvalue weighted by atomic mass is 9.97. The van der Waals surface area contributed by atoms with Crippen LogP contribution in [0, 0.1) is 0 Å². The van der Waals surface area contributed by atoms with Crippen molar-refractivity contribution in [3.63, 3.8) is 0 Å². The summed E-state index contributed by atoms with van der Waals surface area (Å²) in [5.74, 6) is 0.681. The average Bonchev–Trinajstić information content (AvgIpc) is 2.92. The third-order valence-electron chi connectivity index (χ3n) is 4.36. The Bertz CT molecular complexity index is 438. The first-order valence-electron chi connectivity index (χ1n) is 8.40. The van der Waals surface area contributed by atoms with Crippen LogP contribution in [-0.2, 0) is 0 Å². The highest BCUT2D eigenvalue weighted by molar-refractivity contribution is 14.0. The number of halogens is 4. The van der Waals surface area contributed by atoms with Gasteiger partial charge in [-0.15, -0.1) is 24.0 Å². The molecule has 0 bridgehead atoms. The summed E-state index contributed by atoms with van der Waals surface area (Å²) in [7, 11) is 1.69. The molecule has 0 aromatic carbocycles. The number of allylic oxidation sites excluding steroid dienone is 1. The fourth-order valence-corrected chi connectivity index (χ4v) is 3.21. The minimum Gasteiger partial charge on any atom is -0.356 e. The molecule has 0 radical (unpaired) electrons. The Balaban J connectivity index is 0.00000288. The number of nitrogens with zero attached hydrogens (tertiary/aromatic N) is 2. The van der Waals surface area contributed by atoms with E-state index in [1.54, 1.807) is 7.05 Å². The van der Waals surface area contributed by atoms with Crippen molar-refractivity contribution >= 4 is 29.9 Å². The number of alkyl halides is 3. The fourth-order valence-electron chi connectivity index (χ4n) is 3.21. The van der Waals surface area contributed by atoms with E-state index < -0.39 is 12.7 Å². The van der Waals surface area contributed by atoms with E-state index in [4.69, 9.17) is 0 Å². The highest BCUT2D eigenvalue weighted by Gasteiger charge is 2.34. The first kappa shape index (κ1) is 21.5. The third-order valence-corrected chi connectivity index (χ3v) is 4.36. The quantitative estimate of drug-likeness (QED) is 0.286. The summed E-state index contributed by atoms with van der Waals surface area (Å²) in [5, 5.41) is 6.49. The van der Waals surface area contributed by atoms with Gasteiger partial charge in [-0.1, -0.05) is 11.6 Å². The number of aliphatic imine (C=N–C) groups is 1. The maximum atomic E-state index is 12.4. The molecule has 8 heteroatoms. The Hall–Kier alpha value is -0.510. The average molecular weight is 460 g/mol. The monoisotopic (exact) mass is 460 g/mol. The normalized spacial score (nSPS) is 22.8. The summed E-state index contributed by atoms with van der Waals surface area (Å²) >= 11 is 0. The molecule has 4 nitrogen and oxygen atoms in total. The Labute approximate surface area is 159 Å². The van der Waals surface area contributed by atoms with E-state index >= 15 is 0 Å². The van der Waals surface area contributed by atoms with Gasteiger partial charge in [-0.05, 0) is 38.5 Å². The summed E-state index contributed by atoms with van der Waals surface area (Å²) in [6.07, 6.45) is 4.84. The lowest BCUT2D eigenvalue weighted by molar-refractivity contribution is -0.143. The molecule has 2 rings (SSSR count). The molecule has 1 heterocycles.